The van der Waals surface area contributed by atoms with Crippen LogP contribution in [0.15, 0.2) is 35.2 Å². The largest absolute Gasteiger partial charge is 0.435 e. The van der Waals surface area contributed by atoms with Gasteiger partial charge in [-0.15, -0.1) is 5.10 Å². The first kappa shape index (κ1) is 24.2. The molecular formula is C16H6Cl3F5N4O3S. The van der Waals surface area contributed by atoms with Crippen molar-refractivity contribution in [3.63, 3.8) is 0 Å². The summed E-state index contributed by atoms with van der Waals surface area (Å²) in [6, 6.07) is 3.36. The molecular weight excluding hydrogens is 530 g/mol. The number of alkyl halides is 3. The molecule has 0 saturated carbocycles. The molecule has 3 aromatic rings. The van der Waals surface area contributed by atoms with Crippen LogP contribution in [0, 0.1) is 11.6 Å². The topological polar surface area (TPSA) is 93.9 Å². The van der Waals surface area contributed by atoms with Crippen LogP contribution < -0.4 is 4.72 Å². The van der Waals surface area contributed by atoms with Crippen LogP contribution in [0.1, 0.15) is 16.2 Å². The van der Waals surface area contributed by atoms with Gasteiger partial charge in [0, 0.05) is 11.1 Å². The molecule has 170 valence electrons. The number of nitrogens with one attached hydrogen (secondary N) is 1. The maximum absolute atomic E-state index is 13.8. The number of benzene rings is 2. The van der Waals surface area contributed by atoms with Crippen molar-refractivity contribution in [3.8, 4) is 5.69 Å². The molecule has 0 aliphatic heterocycles. The van der Waals surface area contributed by atoms with Gasteiger partial charge in [-0.1, -0.05) is 40.0 Å². The van der Waals surface area contributed by atoms with Gasteiger partial charge < -0.3 is 0 Å². The minimum Gasteiger partial charge on any atom is -0.266 e. The Morgan fingerprint density at radius 3 is 2.16 bits per heavy atom. The molecule has 1 amide bonds. The summed E-state index contributed by atoms with van der Waals surface area (Å²) in [4.78, 5) is 11.2. The number of aromatic nitrogens is 3. The molecule has 0 fully saturated rings. The molecule has 32 heavy (non-hydrogen) atoms. The van der Waals surface area contributed by atoms with E-state index in [2.05, 4.69) is 10.3 Å². The minimum absolute atomic E-state index is 0.0113. The van der Waals surface area contributed by atoms with Gasteiger partial charge in [-0.05, 0) is 24.3 Å². The number of halogens is 8. The second-order valence-corrected chi connectivity index (χ2v) is 8.83. The maximum atomic E-state index is 13.8. The third-order valence-corrected chi connectivity index (χ3v) is 5.92. The molecule has 0 radical (unpaired) electrons. The molecule has 0 unspecified atom stereocenters. The summed E-state index contributed by atoms with van der Waals surface area (Å²) in [7, 11) is -5.05. The zero-order valence-corrected chi connectivity index (χ0v) is 18.0. The van der Waals surface area contributed by atoms with Gasteiger partial charge in [0.15, 0.2) is 11.4 Å². The fourth-order valence-electron chi connectivity index (χ4n) is 2.50. The van der Waals surface area contributed by atoms with Gasteiger partial charge in [0.1, 0.15) is 22.2 Å². The monoisotopic (exact) mass is 534 g/mol. The summed E-state index contributed by atoms with van der Waals surface area (Å²) >= 11 is 17.5. The van der Waals surface area contributed by atoms with Crippen molar-refractivity contribution in [1.82, 2.24) is 19.7 Å². The number of nitrogens with zero attached hydrogens (tertiary/aromatic N) is 3. The van der Waals surface area contributed by atoms with Crippen molar-refractivity contribution >= 4 is 50.7 Å². The fourth-order valence-corrected chi connectivity index (χ4v) is 4.49. The number of hydrogen-bond donors (Lipinski definition) is 1. The van der Waals surface area contributed by atoms with Gasteiger partial charge in [-0.25, -0.2) is 26.6 Å². The zero-order valence-electron chi connectivity index (χ0n) is 14.9. The van der Waals surface area contributed by atoms with E-state index in [1.54, 1.807) is 0 Å². The normalized spacial score (nSPS) is 12.1. The minimum atomic E-state index is -5.30. The smallest absolute Gasteiger partial charge is 0.266 e. The van der Waals surface area contributed by atoms with Crippen molar-refractivity contribution in [2.24, 2.45) is 0 Å². The van der Waals surface area contributed by atoms with Gasteiger partial charge in [0.25, 0.3) is 15.9 Å². The van der Waals surface area contributed by atoms with E-state index in [1.165, 1.54) is 4.72 Å². The number of carbonyl (C=O) groups is 1. The van der Waals surface area contributed by atoms with Crippen molar-refractivity contribution < 1.29 is 35.2 Å². The Kier molecular flexibility index (Phi) is 6.39. The Labute approximate surface area is 190 Å². The van der Waals surface area contributed by atoms with Crippen molar-refractivity contribution in [2.45, 2.75) is 11.1 Å². The van der Waals surface area contributed by atoms with E-state index in [9.17, 15) is 35.2 Å². The molecule has 1 aromatic heterocycles. The SMILES string of the molecule is O=C(NS(=O)(=O)c1ccc(F)cc1F)c1nnn(-c2c(Cl)cc(Cl)cc2Cl)c1C(F)(F)F. The van der Waals surface area contributed by atoms with Gasteiger partial charge in [-0.3, -0.25) is 4.79 Å². The lowest BCUT2D eigenvalue weighted by Crippen LogP contribution is -2.33. The van der Waals surface area contributed by atoms with E-state index in [0.29, 0.717) is 12.1 Å². The van der Waals surface area contributed by atoms with E-state index in [4.69, 9.17) is 34.8 Å². The van der Waals surface area contributed by atoms with E-state index in [0.717, 1.165) is 12.1 Å². The summed E-state index contributed by atoms with van der Waals surface area (Å²) < 4.78 is 93.9. The molecule has 1 heterocycles. The lowest BCUT2D eigenvalue weighted by molar-refractivity contribution is -0.143. The second kappa shape index (κ2) is 8.46. The van der Waals surface area contributed by atoms with Crippen LogP contribution in [0.4, 0.5) is 22.0 Å². The van der Waals surface area contributed by atoms with Crippen LogP contribution in [-0.2, 0) is 16.2 Å². The second-order valence-electron chi connectivity index (χ2n) is 5.92. The lowest BCUT2D eigenvalue weighted by Gasteiger charge is -2.14. The molecule has 0 bridgehead atoms. The third-order valence-electron chi connectivity index (χ3n) is 3.76. The molecule has 16 heteroatoms. The molecule has 0 saturated heterocycles. The number of carbonyl (C=O) groups excluding carboxylic acids is 1. The van der Waals surface area contributed by atoms with Crippen LogP contribution in [-0.4, -0.2) is 29.3 Å². The highest BCUT2D eigenvalue weighted by molar-refractivity contribution is 7.90. The summed E-state index contributed by atoms with van der Waals surface area (Å²) in [5, 5.41) is 5.52. The number of sulfonamides is 1. The Morgan fingerprint density at radius 2 is 1.62 bits per heavy atom. The molecule has 7 nitrogen and oxygen atoms in total. The quantitative estimate of drug-likeness (QED) is 0.491. The molecule has 0 spiro atoms. The maximum Gasteiger partial charge on any atom is 0.435 e. The van der Waals surface area contributed by atoms with Crippen LogP contribution in [0.25, 0.3) is 5.69 Å². The van der Waals surface area contributed by atoms with Crippen LogP contribution in [0.2, 0.25) is 15.1 Å². The van der Waals surface area contributed by atoms with E-state index < -0.39 is 55.7 Å². The van der Waals surface area contributed by atoms with E-state index in [-0.39, 0.29) is 25.8 Å². The van der Waals surface area contributed by atoms with Crippen molar-refractivity contribution in [1.29, 1.82) is 0 Å². The highest BCUT2D eigenvalue weighted by Gasteiger charge is 2.43. The zero-order chi connectivity index (χ0) is 24.0. The first-order valence-corrected chi connectivity index (χ1v) is 10.5. The van der Waals surface area contributed by atoms with E-state index in [1.807, 2.05) is 0 Å². The lowest BCUT2D eigenvalue weighted by atomic mass is 10.2. The average Bonchev–Trinajstić information content (AvgIpc) is 3.05. The predicted molar refractivity (Wildman–Crippen MR) is 102 cm³/mol. The van der Waals surface area contributed by atoms with Gasteiger partial charge in [0.2, 0.25) is 0 Å². The van der Waals surface area contributed by atoms with Gasteiger partial charge in [-0.2, -0.15) is 13.2 Å². The van der Waals surface area contributed by atoms with Gasteiger partial charge in [0.05, 0.1) is 10.0 Å². The standard InChI is InChI=1S/C16H6Cl3F5N4O3S/c17-6-3-8(18)13(9(19)4-6)28-14(16(22,23)24)12(25-27-28)15(29)26-32(30,31)11-2-1-7(20)5-10(11)21/h1-5H,(H,26,29). The van der Waals surface area contributed by atoms with E-state index >= 15 is 0 Å². The summed E-state index contributed by atoms with van der Waals surface area (Å²) in [5.74, 6) is -4.59. The molecule has 0 atom stereocenters. The van der Waals surface area contributed by atoms with Crippen LogP contribution >= 0.6 is 34.8 Å². The fraction of sp³-hybridized carbons (Fsp3) is 0.0625. The highest BCUT2D eigenvalue weighted by Crippen LogP contribution is 2.38. The van der Waals surface area contributed by atoms with Crippen LogP contribution in [0.5, 0.6) is 0 Å². The predicted octanol–water partition coefficient (Wildman–Crippen LogP) is 4.64. The summed E-state index contributed by atoms with van der Waals surface area (Å²) in [6.45, 7) is 0. The first-order chi connectivity index (χ1) is 14.7. The summed E-state index contributed by atoms with van der Waals surface area (Å²) in [5.41, 5.74) is -3.84. The Balaban J connectivity index is 2.10. The molecule has 2 aromatic carbocycles. The third kappa shape index (κ3) is 4.65. The first-order valence-electron chi connectivity index (χ1n) is 7.92. The molecule has 1 N–H and O–H groups in total. The average molecular weight is 536 g/mol. The number of amides is 1. The van der Waals surface area contributed by atoms with Gasteiger partial charge >= 0.3 is 6.18 Å². The van der Waals surface area contributed by atoms with Crippen molar-refractivity contribution in [3.05, 3.63) is 68.4 Å². The Morgan fingerprint density at radius 1 is 1.03 bits per heavy atom. The number of rotatable bonds is 4. The Hall–Kier alpha value is -2.48. The number of hydrogen-bond acceptors (Lipinski definition) is 5. The summed E-state index contributed by atoms with van der Waals surface area (Å²) in [6.07, 6.45) is -5.30. The molecule has 3 rings (SSSR count). The van der Waals surface area contributed by atoms with Crippen molar-refractivity contribution in [2.75, 3.05) is 0 Å². The molecule has 0 aliphatic carbocycles. The van der Waals surface area contributed by atoms with Crippen LogP contribution in [0.3, 0.4) is 0 Å². The Bertz CT molecular complexity index is 1320. The molecule has 0 aliphatic rings. The highest BCUT2D eigenvalue weighted by atomic mass is 35.5.